The van der Waals surface area contributed by atoms with Crippen LogP contribution in [0.2, 0.25) is 0 Å². The van der Waals surface area contributed by atoms with Crippen LogP contribution in [0.25, 0.3) is 11.4 Å². The Morgan fingerprint density at radius 3 is 2.68 bits per heavy atom. The lowest BCUT2D eigenvalue weighted by atomic mass is 10.3. The second-order valence-corrected chi connectivity index (χ2v) is 4.55. The minimum absolute atomic E-state index is 0.0330. The van der Waals surface area contributed by atoms with Crippen molar-refractivity contribution < 1.29 is 32.2 Å². The summed E-state index contributed by atoms with van der Waals surface area (Å²) in [5, 5.41) is 3.96. The van der Waals surface area contributed by atoms with E-state index in [2.05, 4.69) is 19.2 Å². The number of nitrogens with zero attached hydrogens (tertiary/aromatic N) is 4. The number of hydrogen-bond donors (Lipinski definition) is 0. The van der Waals surface area contributed by atoms with Gasteiger partial charge in [-0.1, -0.05) is 4.68 Å². The van der Waals surface area contributed by atoms with E-state index in [1.54, 1.807) is 11.6 Å². The standard InChI is InChI=1S/C11H8F3N4O3S/c12-11(13,14)10(20)21-8(19)2-4-18-3-1-7(5-16-18)9-15-6-22-17-9/h1,3,5-6H,2,4H2/q+1. The monoisotopic (exact) mass is 333 g/mol. The largest absolute Gasteiger partial charge is 0.491 e. The highest BCUT2D eigenvalue weighted by Gasteiger charge is 2.42. The Kier molecular flexibility index (Phi) is 4.75. The first-order chi connectivity index (χ1) is 10.4. The lowest BCUT2D eigenvalue weighted by molar-refractivity contribution is -0.752. The first-order valence-electron chi connectivity index (χ1n) is 5.80. The quantitative estimate of drug-likeness (QED) is 0.470. The molecule has 0 radical (unpaired) electrons. The molecule has 0 aliphatic heterocycles. The number of aromatic nitrogens is 4. The Balaban J connectivity index is 1.87. The first-order valence-corrected chi connectivity index (χ1v) is 6.64. The van der Waals surface area contributed by atoms with Crippen LogP contribution < -0.4 is 4.68 Å². The van der Waals surface area contributed by atoms with Crippen LogP contribution in [0.15, 0.2) is 24.0 Å². The van der Waals surface area contributed by atoms with Gasteiger partial charge in [-0.05, 0) is 16.6 Å². The van der Waals surface area contributed by atoms with Crippen LogP contribution in [0.1, 0.15) is 6.42 Å². The molecule has 0 spiro atoms. The molecule has 116 valence electrons. The minimum Gasteiger partial charge on any atom is -0.386 e. The summed E-state index contributed by atoms with van der Waals surface area (Å²) in [5.74, 6) is -3.30. The second-order valence-electron chi connectivity index (χ2n) is 3.94. The van der Waals surface area contributed by atoms with Crippen LogP contribution in [-0.2, 0) is 20.9 Å². The van der Waals surface area contributed by atoms with Crippen molar-refractivity contribution in [2.75, 3.05) is 0 Å². The normalized spacial score (nSPS) is 11.2. The van der Waals surface area contributed by atoms with Gasteiger partial charge in [0.15, 0.2) is 18.6 Å². The molecule has 2 heterocycles. The lowest BCUT2D eigenvalue weighted by Crippen LogP contribution is -2.39. The number of alkyl halides is 3. The maximum atomic E-state index is 11.9. The third-order valence-corrected chi connectivity index (χ3v) is 2.85. The Bertz CT molecular complexity index is 658. The van der Waals surface area contributed by atoms with Crippen molar-refractivity contribution in [1.29, 1.82) is 0 Å². The molecule has 11 heteroatoms. The van der Waals surface area contributed by atoms with Crippen molar-refractivity contribution in [3.05, 3.63) is 24.0 Å². The zero-order chi connectivity index (χ0) is 16.2. The molecule has 0 saturated carbocycles. The molecule has 0 unspecified atom stereocenters. The van der Waals surface area contributed by atoms with E-state index in [-0.39, 0.29) is 6.54 Å². The van der Waals surface area contributed by atoms with E-state index in [1.807, 2.05) is 0 Å². The molecule has 0 atom stereocenters. The van der Waals surface area contributed by atoms with Crippen LogP contribution in [0.3, 0.4) is 0 Å². The predicted octanol–water partition coefficient (Wildman–Crippen LogP) is 0.910. The maximum absolute atomic E-state index is 11.9. The third kappa shape index (κ3) is 4.28. The van der Waals surface area contributed by atoms with Crippen molar-refractivity contribution in [2.24, 2.45) is 0 Å². The van der Waals surface area contributed by atoms with Crippen LogP contribution >= 0.6 is 11.5 Å². The van der Waals surface area contributed by atoms with Crippen LogP contribution in [0.5, 0.6) is 0 Å². The van der Waals surface area contributed by atoms with Crippen LogP contribution in [0, 0.1) is 0 Å². The van der Waals surface area contributed by atoms with E-state index in [0.29, 0.717) is 11.4 Å². The van der Waals surface area contributed by atoms with Gasteiger partial charge in [0.2, 0.25) is 0 Å². The molecule has 2 rings (SSSR count). The van der Waals surface area contributed by atoms with Gasteiger partial charge < -0.3 is 4.74 Å². The van der Waals surface area contributed by atoms with Crippen molar-refractivity contribution in [1.82, 2.24) is 14.5 Å². The van der Waals surface area contributed by atoms with E-state index in [1.165, 1.54) is 28.6 Å². The summed E-state index contributed by atoms with van der Waals surface area (Å²) >= 11 is 1.18. The van der Waals surface area contributed by atoms with E-state index >= 15 is 0 Å². The molecule has 0 fully saturated rings. The van der Waals surface area contributed by atoms with E-state index in [4.69, 9.17) is 0 Å². The SMILES string of the molecule is O=C(CC[n+]1ccc(-c2ncsn2)cn1)OC(=O)C(F)(F)F. The molecule has 2 aromatic rings. The number of aryl methyl sites for hydroxylation is 1. The Morgan fingerprint density at radius 1 is 1.36 bits per heavy atom. The van der Waals surface area contributed by atoms with Crippen molar-refractivity contribution >= 4 is 23.5 Å². The summed E-state index contributed by atoms with van der Waals surface area (Å²) in [6, 6.07) is 1.64. The summed E-state index contributed by atoms with van der Waals surface area (Å²) in [5.41, 5.74) is 2.22. The molecular weight excluding hydrogens is 325 g/mol. The highest BCUT2D eigenvalue weighted by molar-refractivity contribution is 7.03. The topological polar surface area (TPSA) is 85.9 Å². The summed E-state index contributed by atoms with van der Waals surface area (Å²) in [7, 11) is 0. The molecule has 0 aliphatic carbocycles. The fraction of sp³-hybridized carbons (Fsp3) is 0.273. The third-order valence-electron chi connectivity index (χ3n) is 2.37. The number of halogens is 3. The van der Waals surface area contributed by atoms with Gasteiger partial charge >= 0.3 is 18.1 Å². The summed E-state index contributed by atoms with van der Waals surface area (Å²) < 4.78 is 44.7. The number of rotatable bonds is 4. The van der Waals surface area contributed by atoms with Gasteiger partial charge in [0, 0.05) is 6.07 Å². The molecule has 0 aromatic carbocycles. The average Bonchev–Trinajstić information content (AvgIpc) is 2.99. The molecule has 0 bridgehead atoms. The van der Waals surface area contributed by atoms with E-state index in [0.717, 1.165) is 0 Å². The summed E-state index contributed by atoms with van der Waals surface area (Å²) in [6.45, 7) is -0.0330. The highest BCUT2D eigenvalue weighted by atomic mass is 32.1. The summed E-state index contributed by atoms with van der Waals surface area (Å²) in [6.07, 6.45) is -2.65. The first kappa shape index (κ1) is 15.9. The number of carbonyl (C=O) groups excluding carboxylic acids is 2. The van der Waals surface area contributed by atoms with Gasteiger partial charge in [-0.3, -0.25) is 4.79 Å². The minimum atomic E-state index is -5.19. The van der Waals surface area contributed by atoms with Crippen molar-refractivity contribution in [2.45, 2.75) is 19.1 Å². The van der Waals surface area contributed by atoms with Gasteiger partial charge in [0.05, 0.1) is 5.56 Å². The van der Waals surface area contributed by atoms with E-state index in [9.17, 15) is 22.8 Å². The smallest absolute Gasteiger partial charge is 0.386 e. The molecule has 0 amide bonds. The van der Waals surface area contributed by atoms with Gasteiger partial charge in [0.1, 0.15) is 18.1 Å². The van der Waals surface area contributed by atoms with Crippen LogP contribution in [-0.4, -0.2) is 32.6 Å². The number of esters is 2. The predicted molar refractivity (Wildman–Crippen MR) is 65.1 cm³/mol. The fourth-order valence-corrected chi connectivity index (χ4v) is 1.81. The Labute approximate surface area is 125 Å². The molecule has 0 aliphatic rings. The number of carbonyl (C=O) groups is 2. The van der Waals surface area contributed by atoms with Gasteiger partial charge in [0.25, 0.3) is 0 Å². The van der Waals surface area contributed by atoms with Gasteiger partial charge in [-0.25, -0.2) is 9.78 Å². The zero-order valence-electron chi connectivity index (χ0n) is 10.8. The molecule has 7 nitrogen and oxygen atoms in total. The lowest BCUT2D eigenvalue weighted by Gasteiger charge is -2.04. The van der Waals surface area contributed by atoms with Gasteiger partial charge in [-0.15, -0.1) is 0 Å². The maximum Gasteiger partial charge on any atom is 0.491 e. The number of ether oxygens (including phenoxy) is 1. The van der Waals surface area contributed by atoms with Gasteiger partial charge in [-0.2, -0.15) is 17.5 Å². The fourth-order valence-electron chi connectivity index (χ4n) is 1.36. The van der Waals surface area contributed by atoms with Crippen molar-refractivity contribution in [3.63, 3.8) is 0 Å². The zero-order valence-corrected chi connectivity index (χ0v) is 11.6. The van der Waals surface area contributed by atoms with E-state index < -0.39 is 24.5 Å². The molecule has 2 aromatic heterocycles. The molecule has 0 N–H and O–H groups in total. The number of hydrogen-bond acceptors (Lipinski definition) is 7. The highest BCUT2D eigenvalue weighted by Crippen LogP contribution is 2.16. The molecular formula is C11H8F3N4O3S+. The second kappa shape index (κ2) is 6.56. The molecule has 22 heavy (non-hydrogen) atoms. The van der Waals surface area contributed by atoms with Crippen molar-refractivity contribution in [3.8, 4) is 11.4 Å². The van der Waals surface area contributed by atoms with Crippen LogP contribution in [0.4, 0.5) is 13.2 Å². The summed E-state index contributed by atoms with van der Waals surface area (Å²) in [4.78, 5) is 25.6. The Morgan fingerprint density at radius 2 is 2.14 bits per heavy atom. The average molecular weight is 333 g/mol. The Hall–Kier alpha value is -2.43. The molecule has 0 saturated heterocycles.